The minimum atomic E-state index is -0.401. The Bertz CT molecular complexity index is 841. The molecule has 20 heavy (non-hydrogen) atoms. The van der Waals surface area contributed by atoms with Crippen molar-refractivity contribution < 1.29 is 4.39 Å². The summed E-state index contributed by atoms with van der Waals surface area (Å²) in [4.78, 5) is 3.13. The Hall–Kier alpha value is -1.66. The van der Waals surface area contributed by atoms with Gasteiger partial charge in [0.05, 0.1) is 11.4 Å². The van der Waals surface area contributed by atoms with Gasteiger partial charge in [0.15, 0.2) is 10.4 Å². The largest absolute Gasteiger partial charge is 0.327 e. The third kappa shape index (κ3) is 1.96. The number of hydrogen-bond acceptors (Lipinski definition) is 2. The number of aryl methyl sites for hydroxylation is 2. The van der Waals surface area contributed by atoms with Gasteiger partial charge in [-0.1, -0.05) is 18.5 Å². The number of imidazole rings is 1. The molecule has 0 aliphatic carbocycles. The van der Waals surface area contributed by atoms with Crippen molar-refractivity contribution in [1.29, 1.82) is 0 Å². The van der Waals surface area contributed by atoms with Gasteiger partial charge in [-0.2, -0.15) is 5.10 Å². The van der Waals surface area contributed by atoms with Crippen LogP contribution in [0.4, 0.5) is 4.39 Å². The molecule has 0 saturated heterocycles. The van der Waals surface area contributed by atoms with Crippen LogP contribution in [0.2, 0.25) is 5.02 Å². The van der Waals surface area contributed by atoms with Gasteiger partial charge in [0.2, 0.25) is 0 Å². The second-order valence-electron chi connectivity index (χ2n) is 4.52. The Morgan fingerprint density at radius 3 is 2.80 bits per heavy atom. The molecule has 1 aromatic carbocycles. The first-order chi connectivity index (χ1) is 9.51. The van der Waals surface area contributed by atoms with Crippen molar-refractivity contribution in [2.45, 2.75) is 13.3 Å². The molecule has 0 unspecified atom stereocenters. The molecule has 0 aliphatic rings. The minimum Gasteiger partial charge on any atom is -0.327 e. The molecule has 3 aromatic rings. The maximum absolute atomic E-state index is 13.6. The summed E-state index contributed by atoms with van der Waals surface area (Å²) in [7, 11) is 1.83. The van der Waals surface area contributed by atoms with Gasteiger partial charge >= 0.3 is 0 Å². The van der Waals surface area contributed by atoms with E-state index in [2.05, 4.69) is 10.1 Å². The molecule has 0 saturated carbocycles. The second-order valence-corrected chi connectivity index (χ2v) is 5.34. The van der Waals surface area contributed by atoms with Gasteiger partial charge in [0.25, 0.3) is 0 Å². The number of nitrogens with zero attached hydrogens (tertiary/aromatic N) is 3. The number of benzene rings is 1. The lowest BCUT2D eigenvalue weighted by Gasteiger charge is -2.05. The van der Waals surface area contributed by atoms with Crippen LogP contribution in [0.1, 0.15) is 12.6 Å². The van der Waals surface area contributed by atoms with Crippen LogP contribution in [0.5, 0.6) is 0 Å². The van der Waals surface area contributed by atoms with E-state index in [0.717, 1.165) is 23.3 Å². The number of rotatable bonds is 2. The zero-order chi connectivity index (χ0) is 14.4. The molecule has 1 N–H and O–H groups in total. The van der Waals surface area contributed by atoms with Crippen LogP contribution in [0.15, 0.2) is 18.2 Å². The van der Waals surface area contributed by atoms with Crippen LogP contribution in [0, 0.1) is 10.6 Å². The van der Waals surface area contributed by atoms with Gasteiger partial charge in [-0.3, -0.25) is 4.57 Å². The summed E-state index contributed by atoms with van der Waals surface area (Å²) in [6, 6.07) is 4.33. The molecule has 2 heterocycles. The van der Waals surface area contributed by atoms with Crippen molar-refractivity contribution in [3.63, 3.8) is 0 Å². The first-order valence-electron chi connectivity index (χ1n) is 6.14. The maximum atomic E-state index is 13.6. The quantitative estimate of drug-likeness (QED) is 0.732. The van der Waals surface area contributed by atoms with Gasteiger partial charge < -0.3 is 4.98 Å². The fraction of sp³-hybridized carbons (Fsp3) is 0.231. The maximum Gasteiger partial charge on any atom is 0.184 e. The molecule has 0 bridgehead atoms. The molecule has 0 spiro atoms. The van der Waals surface area contributed by atoms with E-state index in [1.807, 2.05) is 14.0 Å². The average Bonchev–Trinajstić information content (AvgIpc) is 2.85. The van der Waals surface area contributed by atoms with Crippen LogP contribution < -0.4 is 0 Å². The van der Waals surface area contributed by atoms with Gasteiger partial charge in [0.1, 0.15) is 11.3 Å². The normalized spacial score (nSPS) is 11.4. The summed E-state index contributed by atoms with van der Waals surface area (Å²) in [5, 5.41) is 4.76. The Labute approximate surface area is 124 Å². The molecule has 0 fully saturated rings. The van der Waals surface area contributed by atoms with Gasteiger partial charge in [-0.15, -0.1) is 0 Å². The zero-order valence-electron chi connectivity index (χ0n) is 10.9. The molecule has 0 radical (unpaired) electrons. The molecule has 7 heteroatoms. The summed E-state index contributed by atoms with van der Waals surface area (Å²) in [6.45, 7) is 2.02. The van der Waals surface area contributed by atoms with Crippen LogP contribution in [0.25, 0.3) is 16.9 Å². The van der Waals surface area contributed by atoms with Gasteiger partial charge in [-0.05, 0) is 36.8 Å². The fourth-order valence-corrected chi connectivity index (χ4v) is 2.88. The van der Waals surface area contributed by atoms with E-state index in [1.54, 1.807) is 15.3 Å². The lowest BCUT2D eigenvalue weighted by atomic mass is 10.3. The molecule has 0 atom stereocenters. The number of nitrogens with one attached hydrogen (secondary N) is 1. The summed E-state index contributed by atoms with van der Waals surface area (Å²) in [6.07, 6.45) is 0.788. The highest BCUT2D eigenvalue weighted by molar-refractivity contribution is 7.71. The van der Waals surface area contributed by atoms with Crippen molar-refractivity contribution in [2.75, 3.05) is 0 Å². The highest BCUT2D eigenvalue weighted by atomic mass is 35.5. The molecular weight excluding hydrogens is 299 g/mol. The molecule has 0 aliphatic heterocycles. The number of aromatic nitrogens is 4. The van der Waals surface area contributed by atoms with E-state index in [4.69, 9.17) is 23.8 Å². The molecule has 3 rings (SSSR count). The standard InChI is InChI=1S/C13H12ClFN4S/c1-3-10-11-12(18(2)17-10)19(13(20)16-11)9-5-7(14)4-8(15)6-9/h4-6H,3H2,1-2H3,(H,16,20). The zero-order valence-corrected chi connectivity index (χ0v) is 12.5. The molecule has 4 nitrogen and oxygen atoms in total. The first kappa shape index (κ1) is 13.3. The van der Waals surface area contributed by atoms with Crippen molar-refractivity contribution in [3.05, 3.63) is 39.5 Å². The van der Waals surface area contributed by atoms with E-state index < -0.39 is 5.82 Å². The first-order valence-corrected chi connectivity index (χ1v) is 6.93. The Kier molecular flexibility index (Phi) is 3.14. The summed E-state index contributed by atoms with van der Waals surface area (Å²) in [5.74, 6) is -0.401. The SMILES string of the molecule is CCc1nn(C)c2c1[nH]c(=S)n2-c1cc(F)cc(Cl)c1. The van der Waals surface area contributed by atoms with Gasteiger partial charge in [-0.25, -0.2) is 9.07 Å². The molecular formula is C13H12ClFN4S. The molecule has 0 amide bonds. The monoisotopic (exact) mass is 310 g/mol. The lowest BCUT2D eigenvalue weighted by Crippen LogP contribution is -2.01. The van der Waals surface area contributed by atoms with Crippen LogP contribution in [-0.2, 0) is 13.5 Å². The summed E-state index contributed by atoms with van der Waals surface area (Å²) >= 11 is 11.3. The second kappa shape index (κ2) is 4.71. The Morgan fingerprint density at radius 2 is 2.15 bits per heavy atom. The summed E-state index contributed by atoms with van der Waals surface area (Å²) < 4.78 is 17.5. The van der Waals surface area contributed by atoms with Crippen LogP contribution >= 0.6 is 23.8 Å². The molecule has 104 valence electrons. The highest BCUT2D eigenvalue weighted by Crippen LogP contribution is 2.24. The molecule has 2 aromatic heterocycles. The minimum absolute atomic E-state index is 0.328. The number of hydrogen-bond donors (Lipinski definition) is 1. The highest BCUT2D eigenvalue weighted by Gasteiger charge is 2.16. The fourth-order valence-electron chi connectivity index (χ4n) is 2.37. The van der Waals surface area contributed by atoms with Gasteiger partial charge in [0, 0.05) is 12.1 Å². The van der Waals surface area contributed by atoms with Crippen LogP contribution in [-0.4, -0.2) is 19.3 Å². The van der Waals surface area contributed by atoms with Crippen LogP contribution in [0.3, 0.4) is 0 Å². The predicted molar refractivity (Wildman–Crippen MR) is 79.6 cm³/mol. The van der Waals surface area contributed by atoms with Crippen molar-refractivity contribution in [3.8, 4) is 5.69 Å². The average molecular weight is 311 g/mol. The Balaban J connectivity index is 2.38. The number of H-pyrrole nitrogens is 1. The predicted octanol–water partition coefficient (Wildman–Crippen LogP) is 3.78. The number of halogens is 2. The van der Waals surface area contributed by atoms with E-state index in [9.17, 15) is 4.39 Å². The van der Waals surface area contributed by atoms with Crippen molar-refractivity contribution in [1.82, 2.24) is 19.3 Å². The van der Waals surface area contributed by atoms with Crippen molar-refractivity contribution >= 4 is 35.0 Å². The third-order valence-corrected chi connectivity index (χ3v) is 3.68. The third-order valence-electron chi connectivity index (χ3n) is 3.18. The summed E-state index contributed by atoms with van der Waals surface area (Å²) in [5.41, 5.74) is 3.18. The number of aromatic amines is 1. The topological polar surface area (TPSA) is 38.5 Å². The number of fused-ring (bicyclic) bond motifs is 1. The van der Waals surface area contributed by atoms with E-state index in [0.29, 0.717) is 15.5 Å². The smallest absolute Gasteiger partial charge is 0.184 e. The van der Waals surface area contributed by atoms with Crippen molar-refractivity contribution in [2.24, 2.45) is 7.05 Å². The van der Waals surface area contributed by atoms with E-state index >= 15 is 0 Å². The van der Waals surface area contributed by atoms with E-state index in [1.165, 1.54) is 12.1 Å². The lowest BCUT2D eigenvalue weighted by molar-refractivity contribution is 0.626. The Morgan fingerprint density at radius 1 is 1.40 bits per heavy atom. The van der Waals surface area contributed by atoms with E-state index in [-0.39, 0.29) is 0 Å².